The Morgan fingerprint density at radius 2 is 1.94 bits per heavy atom. The van der Waals surface area contributed by atoms with Gasteiger partial charge >= 0.3 is 6.16 Å². The van der Waals surface area contributed by atoms with Crippen molar-refractivity contribution in [3.8, 4) is 0 Å². The van der Waals surface area contributed by atoms with Crippen LogP contribution in [0.2, 0.25) is 0 Å². The Hall–Kier alpha value is -1.51. The van der Waals surface area contributed by atoms with Gasteiger partial charge in [0.25, 0.3) is 0 Å². The number of benzene rings is 1. The predicted molar refractivity (Wildman–Crippen MR) is 62.2 cm³/mol. The van der Waals surface area contributed by atoms with Crippen LogP contribution >= 0.6 is 0 Å². The van der Waals surface area contributed by atoms with Crippen molar-refractivity contribution in [1.82, 2.24) is 0 Å². The average Bonchev–Trinajstić information content (AvgIpc) is 2.34. The lowest BCUT2D eigenvalue weighted by molar-refractivity contribution is 0.0215. The van der Waals surface area contributed by atoms with Crippen LogP contribution in [0.25, 0.3) is 0 Å². The Morgan fingerprint density at radius 3 is 2.50 bits per heavy atom. The molecule has 0 N–H and O–H groups in total. The van der Waals surface area contributed by atoms with Crippen molar-refractivity contribution in [2.75, 3.05) is 6.61 Å². The lowest BCUT2D eigenvalue weighted by atomic mass is 10.1. The lowest BCUT2D eigenvalue weighted by Crippen LogP contribution is -2.12. The zero-order valence-corrected chi connectivity index (χ0v) is 9.81. The second-order valence-corrected chi connectivity index (χ2v) is 3.52. The molecule has 1 aromatic carbocycles. The van der Waals surface area contributed by atoms with Crippen LogP contribution in [0, 0.1) is 0 Å². The van der Waals surface area contributed by atoms with Gasteiger partial charge in [-0.25, -0.2) is 4.79 Å². The summed E-state index contributed by atoms with van der Waals surface area (Å²) < 4.78 is 10.1. The number of hydrogen-bond acceptors (Lipinski definition) is 3. The van der Waals surface area contributed by atoms with E-state index in [2.05, 4.69) is 0 Å². The summed E-state index contributed by atoms with van der Waals surface area (Å²) in [5, 5.41) is 0. The topological polar surface area (TPSA) is 35.5 Å². The summed E-state index contributed by atoms with van der Waals surface area (Å²) in [6, 6.07) is 9.69. The smallest absolute Gasteiger partial charge is 0.434 e. The van der Waals surface area contributed by atoms with Crippen molar-refractivity contribution in [3.05, 3.63) is 35.9 Å². The van der Waals surface area contributed by atoms with E-state index in [-0.39, 0.29) is 6.10 Å². The van der Waals surface area contributed by atoms with Crippen molar-refractivity contribution >= 4 is 6.16 Å². The molecule has 1 unspecified atom stereocenters. The average molecular weight is 222 g/mol. The first kappa shape index (κ1) is 12.6. The van der Waals surface area contributed by atoms with Crippen molar-refractivity contribution < 1.29 is 14.3 Å². The Balaban J connectivity index is 2.52. The molecule has 0 saturated carbocycles. The summed E-state index contributed by atoms with van der Waals surface area (Å²) in [6.45, 7) is 4.33. The molecule has 0 aliphatic rings. The summed E-state index contributed by atoms with van der Waals surface area (Å²) in [5.74, 6) is 0. The van der Waals surface area contributed by atoms with Crippen LogP contribution in [0.3, 0.4) is 0 Å². The molecule has 1 aromatic rings. The number of carbonyl (C=O) groups is 1. The maximum atomic E-state index is 11.3. The molecule has 0 aliphatic carbocycles. The highest BCUT2D eigenvalue weighted by atomic mass is 16.7. The maximum absolute atomic E-state index is 11.3. The maximum Gasteiger partial charge on any atom is 0.508 e. The fourth-order valence-electron chi connectivity index (χ4n) is 1.39. The monoisotopic (exact) mass is 222 g/mol. The molecule has 1 rings (SSSR count). The van der Waals surface area contributed by atoms with Gasteiger partial charge in [0.05, 0.1) is 6.61 Å². The molecule has 0 aromatic heterocycles. The molecule has 0 amide bonds. The third-order valence-electron chi connectivity index (χ3n) is 2.20. The van der Waals surface area contributed by atoms with Crippen molar-refractivity contribution in [1.29, 1.82) is 0 Å². The van der Waals surface area contributed by atoms with Gasteiger partial charge in [-0.2, -0.15) is 0 Å². The van der Waals surface area contributed by atoms with E-state index in [1.807, 2.05) is 44.2 Å². The highest BCUT2D eigenvalue weighted by molar-refractivity contribution is 5.60. The molecule has 0 spiro atoms. The minimum absolute atomic E-state index is 0.217. The number of rotatable bonds is 5. The van der Waals surface area contributed by atoms with E-state index in [1.165, 1.54) is 0 Å². The quantitative estimate of drug-likeness (QED) is 0.712. The molecule has 0 aliphatic heterocycles. The minimum atomic E-state index is -0.586. The van der Waals surface area contributed by atoms with Crippen LogP contribution in [-0.4, -0.2) is 12.8 Å². The number of carbonyl (C=O) groups excluding carboxylic acids is 1. The van der Waals surface area contributed by atoms with Crippen LogP contribution in [-0.2, 0) is 9.47 Å². The summed E-state index contributed by atoms with van der Waals surface area (Å²) in [5.41, 5.74) is 0.999. The second kappa shape index (κ2) is 6.88. The van der Waals surface area contributed by atoms with Crippen LogP contribution in [0.5, 0.6) is 0 Å². The fraction of sp³-hybridized carbons (Fsp3) is 0.462. The molecule has 3 nitrogen and oxygen atoms in total. The van der Waals surface area contributed by atoms with E-state index in [0.717, 1.165) is 18.4 Å². The van der Waals surface area contributed by atoms with Gasteiger partial charge in [0.2, 0.25) is 0 Å². The largest absolute Gasteiger partial charge is 0.508 e. The standard InChI is InChI=1S/C13H18O3/c1-3-10-15-13(14)16-12(4-2)11-8-6-5-7-9-11/h5-9,12H,3-4,10H2,1-2H3. The van der Waals surface area contributed by atoms with Gasteiger partial charge in [-0.15, -0.1) is 0 Å². The number of ether oxygens (including phenoxy) is 2. The molecule has 1 atom stereocenters. The third kappa shape index (κ3) is 3.93. The van der Waals surface area contributed by atoms with Crippen LogP contribution in [0.4, 0.5) is 4.79 Å². The van der Waals surface area contributed by atoms with Crippen molar-refractivity contribution in [3.63, 3.8) is 0 Å². The molecular weight excluding hydrogens is 204 g/mol. The van der Waals surface area contributed by atoms with Crippen molar-refractivity contribution in [2.24, 2.45) is 0 Å². The summed E-state index contributed by atoms with van der Waals surface area (Å²) in [7, 11) is 0. The van der Waals surface area contributed by atoms with Crippen LogP contribution in [0.1, 0.15) is 38.4 Å². The molecule has 88 valence electrons. The van der Waals surface area contributed by atoms with E-state index in [9.17, 15) is 4.79 Å². The second-order valence-electron chi connectivity index (χ2n) is 3.52. The molecular formula is C13H18O3. The lowest BCUT2D eigenvalue weighted by Gasteiger charge is -2.15. The molecule has 0 bridgehead atoms. The highest BCUT2D eigenvalue weighted by Gasteiger charge is 2.14. The normalized spacial score (nSPS) is 11.9. The van der Waals surface area contributed by atoms with Gasteiger partial charge < -0.3 is 9.47 Å². The first-order valence-electron chi connectivity index (χ1n) is 5.66. The Morgan fingerprint density at radius 1 is 1.25 bits per heavy atom. The molecule has 0 saturated heterocycles. The molecule has 0 radical (unpaired) electrons. The first-order valence-corrected chi connectivity index (χ1v) is 5.66. The zero-order chi connectivity index (χ0) is 11.8. The Bertz CT molecular complexity index is 308. The summed E-state index contributed by atoms with van der Waals surface area (Å²) in [6.07, 6.45) is 0.741. The van der Waals surface area contributed by atoms with E-state index in [0.29, 0.717) is 6.61 Å². The van der Waals surface area contributed by atoms with Gasteiger partial charge in [0.15, 0.2) is 0 Å². The molecule has 0 heterocycles. The van der Waals surface area contributed by atoms with Gasteiger partial charge in [0, 0.05) is 0 Å². The van der Waals surface area contributed by atoms with E-state index >= 15 is 0 Å². The van der Waals surface area contributed by atoms with E-state index in [1.54, 1.807) is 0 Å². The molecule has 0 fully saturated rings. The predicted octanol–water partition coefficient (Wildman–Crippen LogP) is 3.70. The van der Waals surface area contributed by atoms with Crippen LogP contribution < -0.4 is 0 Å². The summed E-state index contributed by atoms with van der Waals surface area (Å²) >= 11 is 0. The van der Waals surface area contributed by atoms with Gasteiger partial charge in [-0.05, 0) is 18.4 Å². The van der Waals surface area contributed by atoms with Gasteiger partial charge in [-0.3, -0.25) is 0 Å². The fourth-order valence-corrected chi connectivity index (χ4v) is 1.39. The van der Waals surface area contributed by atoms with Gasteiger partial charge in [0.1, 0.15) is 6.10 Å². The first-order chi connectivity index (χ1) is 7.77. The molecule has 3 heteroatoms. The minimum Gasteiger partial charge on any atom is -0.434 e. The highest BCUT2D eigenvalue weighted by Crippen LogP contribution is 2.20. The zero-order valence-electron chi connectivity index (χ0n) is 9.81. The summed E-state index contributed by atoms with van der Waals surface area (Å²) in [4.78, 5) is 11.3. The van der Waals surface area contributed by atoms with E-state index in [4.69, 9.17) is 9.47 Å². The third-order valence-corrected chi connectivity index (χ3v) is 2.20. The molecule has 16 heavy (non-hydrogen) atoms. The van der Waals surface area contributed by atoms with Gasteiger partial charge in [-0.1, -0.05) is 44.2 Å². The Kier molecular flexibility index (Phi) is 5.40. The SMILES string of the molecule is CCCOC(=O)OC(CC)c1ccccc1. The number of hydrogen-bond donors (Lipinski definition) is 0. The van der Waals surface area contributed by atoms with E-state index < -0.39 is 6.16 Å². The van der Waals surface area contributed by atoms with Crippen LogP contribution in [0.15, 0.2) is 30.3 Å². The Labute approximate surface area is 96.4 Å². The van der Waals surface area contributed by atoms with Crippen molar-refractivity contribution in [2.45, 2.75) is 32.8 Å².